The number of anilines is 2. The van der Waals surface area contributed by atoms with Crippen LogP contribution in [-0.2, 0) is 30.6 Å². The number of nitrogens with zero attached hydrogens (tertiary/aromatic N) is 7. The van der Waals surface area contributed by atoms with E-state index in [1.807, 2.05) is 0 Å². The van der Waals surface area contributed by atoms with E-state index in [2.05, 4.69) is 51.2 Å². The van der Waals surface area contributed by atoms with Crippen molar-refractivity contribution in [2.75, 3.05) is 30.7 Å². The first-order valence-corrected chi connectivity index (χ1v) is 23.2. The van der Waals surface area contributed by atoms with E-state index in [1.54, 1.807) is 91.3 Å². The fraction of sp³-hybridized carbons (Fsp3) is 0.302. The van der Waals surface area contributed by atoms with Gasteiger partial charge in [0.05, 0.1) is 27.6 Å². The number of benzene rings is 3. The molecule has 3 aliphatic carbocycles. The Kier molecular flexibility index (Phi) is 19.1. The Labute approximate surface area is 419 Å². The summed E-state index contributed by atoms with van der Waals surface area (Å²) in [5.41, 5.74) is 5.19. The van der Waals surface area contributed by atoms with Gasteiger partial charge in [-0.05, 0) is 100 Å². The van der Waals surface area contributed by atoms with E-state index >= 15 is 0 Å². The normalized spacial score (nSPS) is 14.6. The monoisotopic (exact) mass is 1010 g/mol. The number of hydrogen-bond acceptors (Lipinski definition) is 9. The summed E-state index contributed by atoms with van der Waals surface area (Å²) in [5.74, 6) is -2.77. The zero-order valence-corrected chi connectivity index (χ0v) is 40.0. The number of carbonyl (C=O) groups is 3. The number of carbonyl (C=O) groups excluding carboxylic acids is 2. The summed E-state index contributed by atoms with van der Waals surface area (Å²) in [4.78, 5) is 43.9. The van der Waals surface area contributed by atoms with Gasteiger partial charge in [0.2, 0.25) is 23.0 Å². The van der Waals surface area contributed by atoms with Crippen molar-refractivity contribution in [1.29, 1.82) is 0 Å². The van der Waals surface area contributed by atoms with Crippen LogP contribution in [-0.4, -0.2) is 76.3 Å². The first kappa shape index (κ1) is 55.6. The smallest absolute Gasteiger partial charge is 0.314 e. The van der Waals surface area contributed by atoms with E-state index in [-0.39, 0.29) is 25.0 Å². The summed E-state index contributed by atoms with van der Waals surface area (Å²) >= 11 is 5.43. The van der Waals surface area contributed by atoms with Gasteiger partial charge in [-0.25, -0.2) is 32.5 Å². The van der Waals surface area contributed by atoms with Crippen molar-refractivity contribution in [2.24, 2.45) is 0 Å². The van der Waals surface area contributed by atoms with Gasteiger partial charge in [-0.1, -0.05) is 82.8 Å². The molecule has 72 heavy (non-hydrogen) atoms. The van der Waals surface area contributed by atoms with Gasteiger partial charge in [-0.15, -0.1) is 0 Å². The molecular weight excluding hydrogens is 957 g/mol. The molecule has 3 aromatic carbocycles. The lowest BCUT2D eigenvalue weighted by Gasteiger charge is -2.15. The zero-order chi connectivity index (χ0) is 51.3. The second-order valence-electron chi connectivity index (χ2n) is 16.8. The largest absolute Gasteiger partial charge is 0.481 e. The van der Waals surface area contributed by atoms with Crippen molar-refractivity contribution in [3.63, 3.8) is 0 Å². The highest BCUT2D eigenvalue weighted by atomic mass is 35.5. The molecule has 3 saturated carbocycles. The SMILES string of the molecule is C.CCN(CC)CC.Nc1ccn(-c2ccnc(F)c2)n1.O=C(Cl)C1(c2ccccc2F)CC1.O=C(Nc1ccn(-c2ccnc(F)c2)n1)C1(c2ccccc2F)CC1.O=C(O)C1(c2ccccc2F)CC1. The number of carboxylic acid groups (broad SMARTS) is 1. The first-order valence-electron chi connectivity index (χ1n) is 22.8. The van der Waals surface area contributed by atoms with Crippen molar-refractivity contribution in [3.8, 4) is 11.4 Å². The minimum atomic E-state index is -0.925. The predicted octanol–water partition coefficient (Wildman–Crippen LogP) is 10.8. The van der Waals surface area contributed by atoms with Crippen LogP contribution in [0.5, 0.6) is 0 Å². The lowest BCUT2D eigenvalue weighted by molar-refractivity contribution is -0.140. The standard InChI is InChI=1S/C18H14F2N4O.C10H8ClFO.C10H9FO2.C8H7FN4.C6H15N.CH4/c19-14-4-2-1-3-13(14)18(7-8-18)17(25)22-16-6-10-24(23-16)12-5-9-21-15(20)11-12;11-9(13)10(5-6-10)7-3-1-2-4-8(7)12;11-8-4-2-1-3-7(8)10(5-6-10)9(12)13;9-7-5-6(1-3-11-7)13-4-2-8(10)12-13;1-4-7(5-2)6-3;/h1-6,9-11H,7-8H2,(H,22,23,25);1-4H,5-6H2;1-4H,5-6H2,(H,12,13);1-5H,(H2,10,12);4-6H2,1-3H3;1H4. The number of aliphatic carboxylic acids is 1. The number of nitrogens with one attached hydrogen (secondary N) is 1. The number of aromatic nitrogens is 6. The number of hydrogen-bond donors (Lipinski definition) is 3. The highest BCUT2D eigenvalue weighted by Gasteiger charge is 2.54. The molecule has 3 aliphatic rings. The van der Waals surface area contributed by atoms with Crippen LogP contribution < -0.4 is 11.1 Å². The van der Waals surface area contributed by atoms with Crippen LogP contribution in [0, 0.1) is 29.3 Å². The van der Waals surface area contributed by atoms with E-state index in [1.165, 1.54) is 71.7 Å². The topological polar surface area (TPSA) is 174 Å². The first-order chi connectivity index (χ1) is 34.0. The van der Waals surface area contributed by atoms with E-state index in [0.717, 1.165) is 0 Å². The molecule has 0 radical (unpaired) electrons. The highest BCUT2D eigenvalue weighted by molar-refractivity contribution is 6.66. The Morgan fingerprint density at radius 1 is 0.625 bits per heavy atom. The van der Waals surface area contributed by atoms with Crippen molar-refractivity contribution in [1.82, 2.24) is 34.4 Å². The van der Waals surface area contributed by atoms with Gasteiger partial charge in [0.15, 0.2) is 5.82 Å². The van der Waals surface area contributed by atoms with Crippen LogP contribution in [0.15, 0.2) is 134 Å². The summed E-state index contributed by atoms with van der Waals surface area (Å²) in [6.07, 6.45) is 9.58. The molecule has 4 aromatic heterocycles. The van der Waals surface area contributed by atoms with Crippen LogP contribution in [0.25, 0.3) is 11.4 Å². The van der Waals surface area contributed by atoms with Crippen LogP contribution in [0.1, 0.15) is 83.4 Å². The van der Waals surface area contributed by atoms with Gasteiger partial charge >= 0.3 is 5.97 Å². The fourth-order valence-electron chi connectivity index (χ4n) is 7.70. The third-order valence-electron chi connectivity index (χ3n) is 12.4. The van der Waals surface area contributed by atoms with E-state index in [0.29, 0.717) is 78.2 Å². The lowest BCUT2D eigenvalue weighted by Crippen LogP contribution is -2.29. The second-order valence-corrected chi connectivity index (χ2v) is 17.2. The van der Waals surface area contributed by atoms with Gasteiger partial charge in [0.1, 0.15) is 23.3 Å². The summed E-state index contributed by atoms with van der Waals surface area (Å²) in [6, 6.07) is 27.7. The third kappa shape index (κ3) is 13.6. The van der Waals surface area contributed by atoms with Crippen molar-refractivity contribution in [3.05, 3.63) is 180 Å². The van der Waals surface area contributed by atoms with Gasteiger partial charge in [-0.3, -0.25) is 14.4 Å². The maximum absolute atomic E-state index is 14.0. The molecule has 4 N–H and O–H groups in total. The summed E-state index contributed by atoms with van der Waals surface area (Å²) in [5, 5.41) is 19.3. The average Bonchev–Trinajstić information content (AvgIpc) is 4.32. The molecule has 380 valence electrons. The number of halogens is 6. The Balaban J connectivity index is 0.000000177. The number of nitrogens with two attached hydrogens (primary N) is 1. The van der Waals surface area contributed by atoms with Gasteiger partial charge in [-0.2, -0.15) is 19.0 Å². The lowest BCUT2D eigenvalue weighted by atomic mass is 9.94. The maximum Gasteiger partial charge on any atom is 0.314 e. The Morgan fingerprint density at radius 3 is 1.38 bits per heavy atom. The molecule has 13 nitrogen and oxygen atoms in total. The predicted molar refractivity (Wildman–Crippen MR) is 266 cm³/mol. The molecule has 0 aliphatic heterocycles. The second kappa shape index (κ2) is 24.7. The molecule has 3 fully saturated rings. The Hall–Kier alpha value is -7.31. The molecule has 0 spiro atoms. The highest BCUT2D eigenvalue weighted by Crippen LogP contribution is 2.51. The quantitative estimate of drug-likeness (QED) is 0.0607. The molecule has 0 unspecified atom stereocenters. The molecule has 0 atom stereocenters. The molecule has 1 amide bonds. The number of amides is 1. The van der Waals surface area contributed by atoms with E-state index in [4.69, 9.17) is 22.4 Å². The fourth-order valence-corrected chi connectivity index (χ4v) is 8.00. The van der Waals surface area contributed by atoms with Gasteiger partial charge in [0, 0.05) is 65.7 Å². The van der Waals surface area contributed by atoms with Crippen molar-refractivity contribution >= 4 is 40.4 Å². The summed E-state index contributed by atoms with van der Waals surface area (Å²) in [6.45, 7) is 10.1. The summed E-state index contributed by atoms with van der Waals surface area (Å²) in [7, 11) is 0. The molecule has 4 heterocycles. The van der Waals surface area contributed by atoms with Crippen molar-refractivity contribution in [2.45, 2.75) is 83.0 Å². The molecule has 7 aromatic rings. The molecule has 0 bridgehead atoms. The molecule has 19 heteroatoms. The number of carboxylic acids is 1. The number of nitrogen functional groups attached to an aromatic ring is 1. The third-order valence-corrected chi connectivity index (χ3v) is 12.7. The summed E-state index contributed by atoms with van der Waals surface area (Å²) < 4.78 is 69.3. The van der Waals surface area contributed by atoms with Crippen LogP contribution in [0.2, 0.25) is 0 Å². The Bertz CT molecular complexity index is 2860. The minimum absolute atomic E-state index is 0. The molecular formula is C53H57ClF5N9O4. The zero-order valence-electron chi connectivity index (χ0n) is 39.2. The molecule has 0 saturated heterocycles. The Morgan fingerprint density at radius 2 is 1.03 bits per heavy atom. The number of pyridine rings is 2. The van der Waals surface area contributed by atoms with E-state index in [9.17, 15) is 36.3 Å². The van der Waals surface area contributed by atoms with Crippen molar-refractivity contribution < 1.29 is 41.4 Å². The van der Waals surface area contributed by atoms with Crippen LogP contribution in [0.4, 0.5) is 33.6 Å². The average molecular weight is 1010 g/mol. The van der Waals surface area contributed by atoms with Gasteiger partial charge < -0.3 is 21.1 Å². The van der Waals surface area contributed by atoms with Crippen LogP contribution >= 0.6 is 11.6 Å². The van der Waals surface area contributed by atoms with Gasteiger partial charge in [0.25, 0.3) is 0 Å². The molecule has 10 rings (SSSR count). The van der Waals surface area contributed by atoms with Crippen LogP contribution in [0.3, 0.4) is 0 Å². The minimum Gasteiger partial charge on any atom is -0.481 e. The number of rotatable bonds is 12. The van der Waals surface area contributed by atoms with E-state index < -0.39 is 45.2 Å². The maximum atomic E-state index is 14.0.